The molecule has 0 bridgehead atoms. The third kappa shape index (κ3) is 3.64. The Labute approximate surface area is 123 Å². The van der Waals surface area contributed by atoms with E-state index in [1.54, 1.807) is 14.0 Å². The second kappa shape index (κ2) is 6.76. The third-order valence-corrected chi connectivity index (χ3v) is 3.45. The molecule has 0 saturated heterocycles. The monoisotopic (exact) mass is 296 g/mol. The molecule has 2 N–H and O–H groups in total. The Balaban J connectivity index is 2.32. The van der Waals surface area contributed by atoms with Crippen LogP contribution < -0.4 is 10.6 Å². The van der Waals surface area contributed by atoms with Crippen LogP contribution in [0.4, 0.5) is 15.8 Å². The summed E-state index contributed by atoms with van der Waals surface area (Å²) in [5.41, 5.74) is 6.41. The summed E-state index contributed by atoms with van der Waals surface area (Å²) in [4.78, 5) is 13.8. The summed E-state index contributed by atoms with van der Waals surface area (Å²) in [7, 11) is 1.61. The van der Waals surface area contributed by atoms with Gasteiger partial charge in [0.25, 0.3) is 0 Å². The molecule has 1 aliphatic carbocycles. The fourth-order valence-electron chi connectivity index (χ4n) is 2.26. The van der Waals surface area contributed by atoms with E-state index in [1.165, 1.54) is 12.1 Å². The van der Waals surface area contributed by atoms with Gasteiger partial charge in [-0.05, 0) is 31.9 Å². The number of rotatable bonds is 7. The van der Waals surface area contributed by atoms with Crippen molar-refractivity contribution in [3.8, 4) is 0 Å². The normalized spacial score (nSPS) is 14.0. The minimum Gasteiger partial charge on any atom is -0.462 e. The van der Waals surface area contributed by atoms with Gasteiger partial charge in [-0.1, -0.05) is 0 Å². The number of halogens is 1. The first-order valence-corrected chi connectivity index (χ1v) is 7.10. The molecular weight excluding hydrogens is 275 g/mol. The quantitative estimate of drug-likeness (QED) is 0.617. The van der Waals surface area contributed by atoms with Gasteiger partial charge in [-0.3, -0.25) is 0 Å². The van der Waals surface area contributed by atoms with Gasteiger partial charge in [-0.25, -0.2) is 9.18 Å². The maximum absolute atomic E-state index is 14.2. The molecule has 1 saturated carbocycles. The van der Waals surface area contributed by atoms with Gasteiger partial charge >= 0.3 is 5.97 Å². The second-order valence-electron chi connectivity index (χ2n) is 5.03. The van der Waals surface area contributed by atoms with E-state index in [-0.39, 0.29) is 17.9 Å². The number of hydrogen-bond acceptors (Lipinski definition) is 5. The molecule has 0 radical (unpaired) electrons. The lowest BCUT2D eigenvalue weighted by molar-refractivity contribution is 0.0527. The molecule has 1 aromatic carbocycles. The van der Waals surface area contributed by atoms with E-state index in [2.05, 4.69) is 0 Å². The highest BCUT2D eigenvalue weighted by molar-refractivity contribution is 5.96. The zero-order valence-electron chi connectivity index (χ0n) is 12.4. The molecule has 0 heterocycles. The van der Waals surface area contributed by atoms with E-state index in [0.717, 1.165) is 12.8 Å². The first-order chi connectivity index (χ1) is 10.1. The van der Waals surface area contributed by atoms with E-state index in [0.29, 0.717) is 24.9 Å². The fraction of sp³-hybridized carbons (Fsp3) is 0.533. The largest absolute Gasteiger partial charge is 0.462 e. The fourth-order valence-corrected chi connectivity index (χ4v) is 2.26. The van der Waals surface area contributed by atoms with E-state index < -0.39 is 11.8 Å². The van der Waals surface area contributed by atoms with Crippen molar-refractivity contribution in [2.45, 2.75) is 25.8 Å². The van der Waals surface area contributed by atoms with Crippen molar-refractivity contribution in [2.24, 2.45) is 0 Å². The van der Waals surface area contributed by atoms with Crippen molar-refractivity contribution in [2.75, 3.05) is 37.5 Å². The predicted octanol–water partition coefficient (Wildman–Crippen LogP) is 2.20. The molecule has 0 aliphatic heterocycles. The lowest BCUT2D eigenvalue weighted by atomic mass is 10.1. The highest BCUT2D eigenvalue weighted by atomic mass is 19.1. The number of nitrogen functional groups attached to an aromatic ring is 1. The molecular formula is C15H21FN2O3. The van der Waals surface area contributed by atoms with Crippen molar-refractivity contribution in [3.63, 3.8) is 0 Å². The Bertz CT molecular complexity index is 518. The summed E-state index contributed by atoms with van der Waals surface area (Å²) in [6, 6.07) is 2.97. The van der Waals surface area contributed by atoms with E-state index in [1.807, 2.05) is 4.90 Å². The number of benzene rings is 1. The summed E-state index contributed by atoms with van der Waals surface area (Å²) in [5.74, 6) is -0.956. The van der Waals surface area contributed by atoms with Crippen LogP contribution in [0.3, 0.4) is 0 Å². The Kier molecular flexibility index (Phi) is 5.01. The minimum absolute atomic E-state index is 0.0946. The highest BCUT2D eigenvalue weighted by Crippen LogP contribution is 2.35. The number of anilines is 2. The van der Waals surface area contributed by atoms with Crippen LogP contribution in [0, 0.1) is 5.82 Å². The van der Waals surface area contributed by atoms with Crippen LogP contribution in [0.5, 0.6) is 0 Å². The smallest absolute Gasteiger partial charge is 0.340 e. The number of esters is 1. The van der Waals surface area contributed by atoms with E-state index in [9.17, 15) is 9.18 Å². The average molecular weight is 296 g/mol. The Morgan fingerprint density at radius 3 is 2.76 bits per heavy atom. The molecule has 0 atom stereocenters. The minimum atomic E-state index is -0.529. The summed E-state index contributed by atoms with van der Waals surface area (Å²) in [5, 5.41) is 0. The third-order valence-electron chi connectivity index (χ3n) is 3.45. The van der Waals surface area contributed by atoms with Gasteiger partial charge in [-0.15, -0.1) is 0 Å². The summed E-state index contributed by atoms with van der Waals surface area (Å²) in [6.45, 7) is 3.04. The molecule has 1 fully saturated rings. The summed E-state index contributed by atoms with van der Waals surface area (Å²) < 4.78 is 24.3. The average Bonchev–Trinajstić information content (AvgIpc) is 3.26. The first-order valence-electron chi connectivity index (χ1n) is 7.10. The molecule has 1 aromatic rings. The lowest BCUT2D eigenvalue weighted by Gasteiger charge is -2.25. The summed E-state index contributed by atoms with van der Waals surface area (Å²) in [6.07, 6.45) is 2.03. The van der Waals surface area contributed by atoms with Crippen LogP contribution in [0.15, 0.2) is 12.1 Å². The Morgan fingerprint density at radius 2 is 2.19 bits per heavy atom. The van der Waals surface area contributed by atoms with Gasteiger partial charge in [0.2, 0.25) is 0 Å². The number of hydrogen-bond donors (Lipinski definition) is 1. The lowest BCUT2D eigenvalue weighted by Crippen LogP contribution is -2.30. The van der Waals surface area contributed by atoms with Crippen LogP contribution in [0.25, 0.3) is 0 Å². The Hall–Kier alpha value is -1.82. The second-order valence-corrected chi connectivity index (χ2v) is 5.03. The van der Waals surface area contributed by atoms with Gasteiger partial charge < -0.3 is 20.1 Å². The van der Waals surface area contributed by atoms with Gasteiger partial charge in [0.05, 0.1) is 24.5 Å². The molecule has 5 nitrogen and oxygen atoms in total. The van der Waals surface area contributed by atoms with Crippen molar-refractivity contribution in [1.82, 2.24) is 0 Å². The predicted molar refractivity (Wildman–Crippen MR) is 79.0 cm³/mol. The number of carbonyl (C=O) groups is 1. The SMILES string of the molecule is CCOC(=O)c1cc(N(CCOC)C2CC2)c(F)cc1N. The van der Waals surface area contributed by atoms with Crippen LogP contribution >= 0.6 is 0 Å². The van der Waals surface area contributed by atoms with Gasteiger partial charge in [-0.2, -0.15) is 0 Å². The van der Waals surface area contributed by atoms with E-state index >= 15 is 0 Å². The van der Waals surface area contributed by atoms with Crippen LogP contribution in [-0.4, -0.2) is 38.9 Å². The molecule has 116 valence electrons. The van der Waals surface area contributed by atoms with Gasteiger partial charge in [0, 0.05) is 25.4 Å². The number of nitrogens with zero attached hydrogens (tertiary/aromatic N) is 1. The van der Waals surface area contributed by atoms with Crippen molar-refractivity contribution in [3.05, 3.63) is 23.5 Å². The number of carbonyl (C=O) groups excluding carboxylic acids is 1. The van der Waals surface area contributed by atoms with Crippen molar-refractivity contribution < 1.29 is 18.7 Å². The van der Waals surface area contributed by atoms with Crippen molar-refractivity contribution in [1.29, 1.82) is 0 Å². The number of methoxy groups -OCH3 is 1. The topological polar surface area (TPSA) is 64.8 Å². The Morgan fingerprint density at radius 1 is 1.48 bits per heavy atom. The maximum Gasteiger partial charge on any atom is 0.340 e. The molecule has 6 heteroatoms. The number of nitrogens with two attached hydrogens (primary N) is 1. The van der Waals surface area contributed by atoms with Crippen LogP contribution in [0.2, 0.25) is 0 Å². The zero-order chi connectivity index (χ0) is 15.4. The molecule has 0 spiro atoms. The summed E-state index contributed by atoms with van der Waals surface area (Å²) >= 11 is 0. The van der Waals surface area contributed by atoms with Crippen LogP contribution in [-0.2, 0) is 9.47 Å². The number of ether oxygens (including phenoxy) is 2. The molecule has 0 amide bonds. The molecule has 21 heavy (non-hydrogen) atoms. The molecule has 0 aromatic heterocycles. The molecule has 1 aliphatic rings. The maximum atomic E-state index is 14.2. The highest BCUT2D eigenvalue weighted by Gasteiger charge is 2.31. The van der Waals surface area contributed by atoms with Gasteiger partial charge in [0.15, 0.2) is 0 Å². The van der Waals surface area contributed by atoms with E-state index in [4.69, 9.17) is 15.2 Å². The molecule has 0 unspecified atom stereocenters. The van der Waals surface area contributed by atoms with Crippen molar-refractivity contribution >= 4 is 17.3 Å². The standard InChI is InChI=1S/C15H21FN2O3/c1-3-21-15(19)11-8-14(12(16)9-13(11)17)18(6-7-20-2)10-4-5-10/h8-10H,3-7,17H2,1-2H3. The van der Waals surface area contributed by atoms with Gasteiger partial charge in [0.1, 0.15) is 5.82 Å². The van der Waals surface area contributed by atoms with Crippen LogP contribution in [0.1, 0.15) is 30.1 Å². The zero-order valence-corrected chi connectivity index (χ0v) is 12.4. The molecule has 2 rings (SSSR count). The first kappa shape index (κ1) is 15.6.